The van der Waals surface area contributed by atoms with Crippen molar-refractivity contribution in [1.82, 2.24) is 5.32 Å². The number of halogens is 3. The van der Waals surface area contributed by atoms with Crippen LogP contribution < -0.4 is 10.3 Å². The number of nitrogens with one attached hydrogen (secondary N) is 2. The molecule has 0 atom stereocenters. The van der Waals surface area contributed by atoms with Gasteiger partial charge in [0.15, 0.2) is 10.1 Å². The second-order valence-electron chi connectivity index (χ2n) is 5.98. The summed E-state index contributed by atoms with van der Waals surface area (Å²) in [5.41, 5.74) is -2.79. The van der Waals surface area contributed by atoms with Gasteiger partial charge in [0.05, 0.1) is 17.6 Å². The molecule has 1 aliphatic rings. The maximum Gasteiger partial charge on any atom is 0.485 e. The number of hydrogen-bond donors (Lipinski definition) is 2. The number of hydrogen-bond acceptors (Lipinski definition) is 4. The monoisotopic (exact) mass is 352 g/mol. The molecule has 1 aromatic rings. The highest BCUT2D eigenvalue weighted by Crippen LogP contribution is 2.20. The van der Waals surface area contributed by atoms with Crippen LogP contribution in [0.3, 0.4) is 0 Å². The van der Waals surface area contributed by atoms with Crippen molar-refractivity contribution in [1.29, 1.82) is 0 Å². The molecule has 1 aliphatic heterocycles. The van der Waals surface area contributed by atoms with E-state index < -0.39 is 15.6 Å². The molecule has 0 aliphatic carbocycles. The third-order valence-electron chi connectivity index (χ3n) is 2.77. The first-order valence-corrected chi connectivity index (χ1v) is 8.21. The lowest BCUT2D eigenvalue weighted by atomic mass is 9.99. The Balaban J connectivity index is 0.000000284. The third kappa shape index (κ3) is 6.19. The number of rotatable bonds is 0. The maximum absolute atomic E-state index is 10.7. The molecular formula is C14H19F3N2O3S. The Labute approximate surface area is 133 Å². The van der Waals surface area contributed by atoms with Gasteiger partial charge < -0.3 is 4.55 Å². The highest BCUT2D eigenvalue weighted by molar-refractivity contribution is 7.86. The van der Waals surface area contributed by atoms with Gasteiger partial charge in [-0.25, -0.2) is 8.42 Å². The Hall–Kier alpha value is -1.61. The molecule has 9 heteroatoms. The van der Waals surface area contributed by atoms with E-state index in [0.717, 1.165) is 13.0 Å². The molecule has 2 N–H and O–H groups in total. The molecule has 0 saturated carbocycles. The summed E-state index contributed by atoms with van der Waals surface area (Å²) in [5.74, 6) is 1.17. The topological polar surface area (TPSA) is 83.2 Å². The molecule has 0 fully saturated rings. The number of fused-ring (bicyclic) bond motifs is 1. The van der Waals surface area contributed by atoms with Crippen molar-refractivity contribution >= 4 is 16.0 Å². The van der Waals surface area contributed by atoms with Crippen LogP contribution in [0.2, 0.25) is 0 Å². The Bertz CT molecular complexity index is 677. The Morgan fingerprint density at radius 2 is 1.70 bits per heavy atom. The summed E-state index contributed by atoms with van der Waals surface area (Å²) >= 11 is 0. The molecule has 0 aromatic heterocycles. The molecule has 0 unspecified atom stereocenters. The van der Waals surface area contributed by atoms with Crippen molar-refractivity contribution in [2.24, 2.45) is 0 Å². The molecule has 0 bridgehead atoms. The highest BCUT2D eigenvalue weighted by Gasteiger charge is 2.36. The molecule has 2 rings (SSSR count). The lowest BCUT2D eigenvalue weighted by Gasteiger charge is -2.20. The highest BCUT2D eigenvalue weighted by atomic mass is 32.2. The zero-order valence-corrected chi connectivity index (χ0v) is 13.8. The third-order valence-corrected chi connectivity index (χ3v) is 3.33. The van der Waals surface area contributed by atoms with Gasteiger partial charge >= 0.3 is 5.51 Å². The second kappa shape index (κ2) is 6.88. The molecule has 1 aromatic carbocycles. The van der Waals surface area contributed by atoms with Gasteiger partial charge in [0.25, 0.3) is 5.84 Å². The fourth-order valence-electron chi connectivity index (χ4n) is 1.89. The summed E-state index contributed by atoms with van der Waals surface area (Å²) in [6.07, 6.45) is 1.12. The number of alkyl halides is 3. The van der Waals surface area contributed by atoms with E-state index in [1.807, 2.05) is 0 Å². The first-order valence-electron chi connectivity index (χ1n) is 6.81. The van der Waals surface area contributed by atoms with Crippen LogP contribution in [0.15, 0.2) is 24.3 Å². The predicted molar refractivity (Wildman–Crippen MR) is 78.7 cm³/mol. The van der Waals surface area contributed by atoms with Gasteiger partial charge in [0.2, 0.25) is 0 Å². The fourth-order valence-corrected chi connectivity index (χ4v) is 1.89. The van der Waals surface area contributed by atoms with E-state index in [9.17, 15) is 13.2 Å². The standard InChI is InChI=1S/C13H18N2.CHF3O3S/c1-13(2,3)15-12-11-7-5-4-6-10(11)8-9-14-12;2-1(3,4)8(5,6)7/h4-7H,8-9H2,1-3H3,(H,14,15);(H,5,6,7). The second-order valence-corrected chi connectivity index (χ2v) is 7.35. The minimum absolute atomic E-state index is 0.104. The molecule has 0 radical (unpaired) electrons. The molecule has 5 nitrogen and oxygen atoms in total. The van der Waals surface area contributed by atoms with Crippen LogP contribution in [0.4, 0.5) is 13.2 Å². The van der Waals surface area contributed by atoms with Crippen LogP contribution in [0.25, 0.3) is 0 Å². The van der Waals surface area contributed by atoms with Crippen LogP contribution in [0.5, 0.6) is 0 Å². The number of amidine groups is 1. The van der Waals surface area contributed by atoms with E-state index in [0.29, 0.717) is 0 Å². The van der Waals surface area contributed by atoms with Gasteiger partial charge in [-0.15, -0.1) is 0 Å². The van der Waals surface area contributed by atoms with Gasteiger partial charge in [-0.3, -0.25) is 10.3 Å². The van der Waals surface area contributed by atoms with E-state index in [-0.39, 0.29) is 5.54 Å². The lowest BCUT2D eigenvalue weighted by Crippen LogP contribution is -2.79. The van der Waals surface area contributed by atoms with Gasteiger partial charge in [0, 0.05) is 6.42 Å². The summed E-state index contributed by atoms with van der Waals surface area (Å²) in [6, 6.07) is 8.59. The maximum atomic E-state index is 10.7. The van der Waals surface area contributed by atoms with Crippen LogP contribution >= 0.6 is 0 Å². The molecule has 0 spiro atoms. The first kappa shape index (κ1) is 19.4. The molecule has 0 amide bonds. The van der Waals surface area contributed by atoms with Crippen LogP contribution in [0.1, 0.15) is 31.9 Å². The lowest BCUT2D eigenvalue weighted by molar-refractivity contribution is -0.460. The fraction of sp³-hybridized carbons (Fsp3) is 0.500. The summed E-state index contributed by atoms with van der Waals surface area (Å²) < 4.78 is 58.9. The first-order chi connectivity index (χ1) is 10.3. The SMILES string of the molecule is CC(C)(C)NC1=[NH+]CCc2ccccc21.O=S(=O)([O-])C(F)(F)F. The smallest absolute Gasteiger partial charge is 0.485 e. The van der Waals surface area contributed by atoms with Crippen molar-refractivity contribution in [3.05, 3.63) is 35.4 Å². The van der Waals surface area contributed by atoms with E-state index >= 15 is 0 Å². The van der Waals surface area contributed by atoms with Crippen molar-refractivity contribution in [3.8, 4) is 0 Å². The molecule has 0 saturated heterocycles. The van der Waals surface area contributed by atoms with E-state index in [1.165, 1.54) is 17.0 Å². The molecular weight excluding hydrogens is 333 g/mol. The average molecular weight is 352 g/mol. The molecule has 130 valence electrons. The molecule has 1 heterocycles. The van der Waals surface area contributed by atoms with Gasteiger partial charge in [-0.05, 0) is 32.4 Å². The Morgan fingerprint density at radius 3 is 2.17 bits per heavy atom. The average Bonchev–Trinajstić information content (AvgIpc) is 2.36. The van der Waals surface area contributed by atoms with Crippen molar-refractivity contribution in [2.75, 3.05) is 6.54 Å². The number of benzene rings is 1. The Kier molecular flexibility index (Phi) is 5.81. The zero-order valence-electron chi connectivity index (χ0n) is 13.0. The van der Waals surface area contributed by atoms with Gasteiger partial charge in [-0.1, -0.05) is 18.2 Å². The molecule has 23 heavy (non-hydrogen) atoms. The van der Waals surface area contributed by atoms with Gasteiger partial charge in [-0.2, -0.15) is 13.2 Å². The van der Waals surface area contributed by atoms with E-state index in [2.05, 4.69) is 55.3 Å². The Morgan fingerprint density at radius 1 is 1.17 bits per heavy atom. The van der Waals surface area contributed by atoms with Crippen molar-refractivity contribution in [3.63, 3.8) is 0 Å². The van der Waals surface area contributed by atoms with E-state index in [4.69, 9.17) is 13.0 Å². The summed E-state index contributed by atoms with van der Waals surface area (Å²) in [7, 11) is -6.09. The summed E-state index contributed by atoms with van der Waals surface area (Å²) in [4.78, 5) is 3.44. The normalized spacial score (nSPS) is 15.0. The van der Waals surface area contributed by atoms with Crippen LogP contribution in [-0.4, -0.2) is 36.4 Å². The van der Waals surface area contributed by atoms with Crippen molar-refractivity contribution in [2.45, 2.75) is 38.2 Å². The predicted octanol–water partition coefficient (Wildman–Crippen LogP) is 0.509. The minimum atomic E-state index is -6.09. The summed E-state index contributed by atoms with van der Waals surface area (Å²) in [6.45, 7) is 7.56. The quantitative estimate of drug-likeness (QED) is 0.526. The van der Waals surface area contributed by atoms with E-state index in [1.54, 1.807) is 0 Å². The van der Waals surface area contributed by atoms with Crippen LogP contribution in [0, 0.1) is 0 Å². The zero-order chi connectivity index (χ0) is 17.9. The minimum Gasteiger partial charge on any atom is -0.741 e. The van der Waals surface area contributed by atoms with Crippen LogP contribution in [-0.2, 0) is 16.5 Å². The van der Waals surface area contributed by atoms with Gasteiger partial charge in [0.1, 0.15) is 0 Å². The van der Waals surface area contributed by atoms with Crippen molar-refractivity contribution < 1.29 is 31.1 Å². The largest absolute Gasteiger partial charge is 0.741 e. The summed E-state index contributed by atoms with van der Waals surface area (Å²) in [5, 5.41) is 3.52.